The van der Waals surface area contributed by atoms with Crippen LogP contribution in [0.15, 0.2) is 39.6 Å². The number of anilines is 1. The van der Waals surface area contributed by atoms with E-state index in [1.807, 2.05) is 0 Å². The zero-order chi connectivity index (χ0) is 28.3. The molecule has 0 aliphatic carbocycles. The van der Waals surface area contributed by atoms with Gasteiger partial charge in [0.15, 0.2) is 10.8 Å². The van der Waals surface area contributed by atoms with E-state index in [-0.39, 0.29) is 40.1 Å². The number of amides is 2. The van der Waals surface area contributed by atoms with E-state index in [4.69, 9.17) is 15.2 Å². The lowest BCUT2D eigenvalue weighted by atomic mass is 9.98. The van der Waals surface area contributed by atoms with Crippen molar-refractivity contribution in [2.45, 2.75) is 37.9 Å². The molecule has 0 spiro atoms. The molecule has 0 radical (unpaired) electrons. The van der Waals surface area contributed by atoms with Gasteiger partial charge in [0.25, 0.3) is 5.91 Å². The maximum Gasteiger partial charge on any atom is 0.358 e. The zero-order valence-corrected chi connectivity index (χ0v) is 23.4. The van der Waals surface area contributed by atoms with Gasteiger partial charge in [-0.1, -0.05) is 11.2 Å². The fourth-order valence-electron chi connectivity index (χ4n) is 3.45. The first-order valence-corrected chi connectivity index (χ1v) is 14.1. The Hall–Kier alpha value is -3.76. The lowest BCUT2D eigenvalue weighted by molar-refractivity contribution is -0.173. The number of nitrogens with zero attached hydrogens (tertiary/aromatic N) is 4. The maximum absolute atomic E-state index is 13.3. The summed E-state index contributed by atoms with van der Waals surface area (Å²) in [4.78, 5) is 61.0. The molecule has 0 saturated carbocycles. The number of aromatic nitrogens is 2. The van der Waals surface area contributed by atoms with Gasteiger partial charge in [0.1, 0.15) is 16.8 Å². The minimum Gasteiger partial charge on any atom is -0.427 e. The lowest BCUT2D eigenvalue weighted by Crippen LogP contribution is -2.57. The summed E-state index contributed by atoms with van der Waals surface area (Å²) in [6, 6.07) is 0. The molecule has 39 heavy (non-hydrogen) atoms. The number of ether oxygens (including phenoxy) is 2. The van der Waals surface area contributed by atoms with Crippen LogP contribution in [-0.4, -0.2) is 67.1 Å². The largest absolute Gasteiger partial charge is 0.427 e. The Bertz CT molecular complexity index is 1380. The number of β-lactam (4-membered cyclic amide) rings is 1. The Kier molecular flexibility index (Phi) is 8.36. The summed E-state index contributed by atoms with van der Waals surface area (Å²) in [5, 5.41) is 15.6. The monoisotopic (exact) mass is 592 g/mol. The van der Waals surface area contributed by atoms with Crippen molar-refractivity contribution in [1.82, 2.24) is 20.2 Å². The van der Waals surface area contributed by atoms with Crippen LogP contribution < -0.4 is 11.1 Å². The fourth-order valence-corrected chi connectivity index (χ4v) is 5.92. The smallest absolute Gasteiger partial charge is 0.358 e. The molecule has 16 heteroatoms. The first-order chi connectivity index (χ1) is 18.5. The predicted octanol–water partition coefficient (Wildman–Crippen LogP) is 2.17. The number of esters is 2. The molecule has 2 atom stereocenters. The Labute approximate surface area is 234 Å². The van der Waals surface area contributed by atoms with Gasteiger partial charge in [0.2, 0.25) is 12.7 Å². The average molecular weight is 593 g/mol. The normalized spacial score (nSPS) is 19.5. The van der Waals surface area contributed by atoms with Crippen LogP contribution in [0.5, 0.6) is 0 Å². The summed E-state index contributed by atoms with van der Waals surface area (Å²) in [6.45, 7) is 4.30. The second-order valence-electron chi connectivity index (χ2n) is 9.20. The Morgan fingerprint density at radius 3 is 2.64 bits per heavy atom. The van der Waals surface area contributed by atoms with Crippen LogP contribution in [0.3, 0.4) is 0 Å². The number of nitrogens with one attached hydrogen (secondary N) is 1. The molecule has 1 unspecified atom stereocenters. The summed E-state index contributed by atoms with van der Waals surface area (Å²) in [5.74, 6) is -2.58. The molecule has 13 nitrogen and oxygen atoms in total. The second-order valence-corrected chi connectivity index (χ2v) is 12.3. The van der Waals surface area contributed by atoms with Gasteiger partial charge in [-0.05, 0) is 26.8 Å². The highest BCUT2D eigenvalue weighted by Crippen LogP contribution is 2.44. The first-order valence-electron chi connectivity index (χ1n) is 11.4. The summed E-state index contributed by atoms with van der Waals surface area (Å²) in [5.41, 5.74) is 6.30. The van der Waals surface area contributed by atoms with Crippen molar-refractivity contribution < 1.29 is 33.9 Å². The fraction of sp³-hybridized carbons (Fsp3) is 0.348. The summed E-state index contributed by atoms with van der Waals surface area (Å²) < 4.78 is 10.3. The minimum absolute atomic E-state index is 0.0739. The van der Waals surface area contributed by atoms with Gasteiger partial charge in [-0.3, -0.25) is 24.3 Å². The number of hydrogen-bond acceptors (Lipinski definition) is 14. The quantitative estimate of drug-likeness (QED) is 0.102. The van der Waals surface area contributed by atoms with Crippen molar-refractivity contribution in [3.8, 4) is 0 Å². The summed E-state index contributed by atoms with van der Waals surface area (Å²) in [6.07, 6.45) is 4.98. The second kappa shape index (κ2) is 11.5. The highest BCUT2D eigenvalue weighted by atomic mass is 32.2. The number of rotatable bonds is 8. The van der Waals surface area contributed by atoms with Gasteiger partial charge in [0.05, 0.1) is 22.7 Å². The van der Waals surface area contributed by atoms with Gasteiger partial charge in [-0.25, -0.2) is 9.78 Å². The van der Waals surface area contributed by atoms with Crippen LogP contribution in [0.1, 0.15) is 37.8 Å². The van der Waals surface area contributed by atoms with Crippen LogP contribution in [0.25, 0.3) is 6.08 Å². The Morgan fingerprint density at radius 1 is 1.28 bits per heavy atom. The number of thioether (sulfide) groups is 1. The predicted molar refractivity (Wildman–Crippen MR) is 144 cm³/mol. The number of carbonyl (C=O) groups excluding carboxylic acids is 4. The lowest BCUT2D eigenvalue weighted by Gasteiger charge is -2.46. The van der Waals surface area contributed by atoms with Gasteiger partial charge in [-0.15, -0.1) is 34.4 Å². The minimum atomic E-state index is -0.915. The van der Waals surface area contributed by atoms with Gasteiger partial charge < -0.3 is 25.7 Å². The molecule has 2 amide bonds. The van der Waals surface area contributed by atoms with Crippen molar-refractivity contribution in [3.05, 3.63) is 45.0 Å². The van der Waals surface area contributed by atoms with Crippen LogP contribution in [-0.2, 0) is 28.7 Å². The molecule has 2 aliphatic heterocycles. The molecule has 206 valence electrons. The number of hydrogen-bond donors (Lipinski definition) is 3. The van der Waals surface area contributed by atoms with Crippen molar-refractivity contribution in [1.29, 1.82) is 0 Å². The highest BCUT2D eigenvalue weighted by molar-refractivity contribution is 8.00. The first kappa shape index (κ1) is 28.3. The molecule has 1 fully saturated rings. The third-order valence-electron chi connectivity index (χ3n) is 5.40. The molecule has 2 aromatic heterocycles. The van der Waals surface area contributed by atoms with Crippen LogP contribution in [0.4, 0.5) is 5.13 Å². The highest BCUT2D eigenvalue weighted by Gasteiger charge is 2.49. The van der Waals surface area contributed by atoms with Crippen molar-refractivity contribution in [2.24, 2.45) is 10.6 Å². The van der Waals surface area contributed by atoms with Crippen molar-refractivity contribution in [3.63, 3.8) is 0 Å². The number of oxime groups is 1. The number of carbonyl (C=O) groups is 4. The summed E-state index contributed by atoms with van der Waals surface area (Å²) >= 11 is 3.63. The van der Waals surface area contributed by atoms with Crippen molar-refractivity contribution in [2.75, 3.05) is 12.5 Å². The molecular weight excluding hydrogens is 568 g/mol. The van der Waals surface area contributed by atoms with E-state index >= 15 is 0 Å². The van der Waals surface area contributed by atoms with Crippen molar-refractivity contribution >= 4 is 75.1 Å². The van der Waals surface area contributed by atoms with E-state index in [2.05, 4.69) is 20.4 Å². The van der Waals surface area contributed by atoms with Gasteiger partial charge in [0, 0.05) is 22.0 Å². The Balaban J connectivity index is 1.66. The molecule has 4 heterocycles. The standard InChI is InChI=1S/C23H24N6O7S3/c1-23(2,3)21(33)36-10-35-20(32)17-12(5-4-11-7-25-9-38-11)19(39-15-6-14(30)29(15)17)27-18(31)16(28-34)13-8-37-22(24)26-13/h4-5,7-9,15,19,34H,6,10H2,1-3H3,(H2,24,26)(H,27,31)/t15-,19?/m0/s1. The molecule has 0 bridgehead atoms. The molecule has 4 N–H and O–H groups in total. The number of fused-ring (bicyclic) bond motifs is 1. The van der Waals surface area contributed by atoms with E-state index in [0.717, 1.165) is 16.2 Å². The molecule has 0 aromatic carbocycles. The topological polar surface area (TPSA) is 186 Å². The van der Waals surface area contributed by atoms with Gasteiger partial charge in [-0.2, -0.15) is 0 Å². The maximum atomic E-state index is 13.3. The third-order valence-corrected chi connectivity index (χ3v) is 8.15. The molecule has 2 aliphatic rings. The third kappa shape index (κ3) is 6.29. The Morgan fingerprint density at radius 2 is 2.05 bits per heavy atom. The number of thiazole rings is 2. The SMILES string of the molecule is CC(C)(C)C(=O)OCOC(=O)C1=C(C=Cc2cncs2)C(NC(=O)C(=NO)c2csc(N)n2)S[C@H]2CC(=O)N12. The van der Waals surface area contributed by atoms with Crippen LogP contribution in [0, 0.1) is 5.41 Å². The average Bonchev–Trinajstić information content (AvgIpc) is 3.54. The van der Waals surface area contributed by atoms with Gasteiger partial charge >= 0.3 is 11.9 Å². The van der Waals surface area contributed by atoms with Crippen LogP contribution >= 0.6 is 34.4 Å². The zero-order valence-electron chi connectivity index (χ0n) is 20.9. The van der Waals surface area contributed by atoms with E-state index < -0.39 is 40.8 Å². The molecule has 2 aromatic rings. The van der Waals surface area contributed by atoms with E-state index in [1.54, 1.807) is 44.6 Å². The molecule has 4 rings (SSSR count). The van der Waals surface area contributed by atoms with E-state index in [9.17, 15) is 24.4 Å². The number of nitrogens with two attached hydrogens (primary N) is 1. The molecule has 1 saturated heterocycles. The van der Waals surface area contributed by atoms with E-state index in [0.29, 0.717) is 0 Å². The summed E-state index contributed by atoms with van der Waals surface area (Å²) in [7, 11) is 0. The number of nitrogen functional groups attached to an aromatic ring is 1. The van der Waals surface area contributed by atoms with Crippen LogP contribution in [0.2, 0.25) is 0 Å². The van der Waals surface area contributed by atoms with E-state index in [1.165, 1.54) is 33.4 Å². The molecular formula is C23H24N6O7S3.